The number of nitrogens with zero attached hydrogens (tertiary/aromatic N) is 2. The molecule has 0 aliphatic heterocycles. The van der Waals surface area contributed by atoms with Crippen LogP contribution in [0.1, 0.15) is 16.1 Å². The predicted molar refractivity (Wildman–Crippen MR) is 62.8 cm³/mol. The van der Waals surface area contributed by atoms with Crippen molar-refractivity contribution in [3.05, 3.63) is 47.9 Å². The fraction of sp³-hybridized carbons (Fsp3) is 0.0833. The molecule has 1 heterocycles. The molecule has 0 atom stereocenters. The fourth-order valence-electron chi connectivity index (χ4n) is 1.34. The van der Waals surface area contributed by atoms with E-state index in [0.717, 1.165) is 30.6 Å². The molecule has 20 heavy (non-hydrogen) atoms. The molecular weight excluding hydrogens is 275 g/mol. The van der Waals surface area contributed by atoms with Gasteiger partial charge in [0.15, 0.2) is 5.69 Å². The molecular formula is C12H8F3N3O2. The monoisotopic (exact) mass is 283 g/mol. The van der Waals surface area contributed by atoms with Crippen LogP contribution in [0.25, 0.3) is 0 Å². The first-order valence-electron chi connectivity index (χ1n) is 5.33. The van der Waals surface area contributed by atoms with Gasteiger partial charge in [-0.2, -0.15) is 13.2 Å². The average Bonchev–Trinajstić information content (AvgIpc) is 2.38. The third-order valence-corrected chi connectivity index (χ3v) is 2.25. The Labute approximate surface area is 111 Å². The number of carbonyl (C=O) groups is 1. The molecule has 104 valence electrons. The summed E-state index contributed by atoms with van der Waals surface area (Å²) >= 11 is 0. The number of alkyl halides is 3. The van der Waals surface area contributed by atoms with Crippen LogP contribution >= 0.6 is 0 Å². The van der Waals surface area contributed by atoms with E-state index in [1.165, 1.54) is 6.07 Å². The maximum atomic E-state index is 12.5. The largest absolute Gasteiger partial charge is 0.422 e. The highest BCUT2D eigenvalue weighted by atomic mass is 19.4. The minimum absolute atomic E-state index is 0.112. The summed E-state index contributed by atoms with van der Waals surface area (Å²) in [6.45, 7) is 0. The molecule has 0 amide bonds. The molecule has 0 spiro atoms. The predicted octanol–water partition coefficient (Wildman–Crippen LogP) is 2.30. The van der Waals surface area contributed by atoms with Gasteiger partial charge in [0.05, 0.1) is 18.0 Å². The lowest BCUT2D eigenvalue weighted by Gasteiger charge is -2.08. The number of rotatable bonds is 2. The van der Waals surface area contributed by atoms with E-state index in [1.54, 1.807) is 0 Å². The zero-order valence-electron chi connectivity index (χ0n) is 9.89. The molecule has 8 heteroatoms. The summed E-state index contributed by atoms with van der Waals surface area (Å²) in [5.74, 6) is -1.04. The second-order valence-electron chi connectivity index (χ2n) is 3.74. The van der Waals surface area contributed by atoms with E-state index in [-0.39, 0.29) is 17.3 Å². The van der Waals surface area contributed by atoms with Gasteiger partial charge in [0, 0.05) is 0 Å². The lowest BCUT2D eigenvalue weighted by Crippen LogP contribution is -2.12. The quantitative estimate of drug-likeness (QED) is 0.676. The molecule has 2 aromatic rings. The number of halogens is 3. The number of aromatic nitrogens is 2. The van der Waals surface area contributed by atoms with Crippen molar-refractivity contribution in [2.24, 2.45) is 0 Å². The van der Waals surface area contributed by atoms with Crippen molar-refractivity contribution in [2.75, 3.05) is 5.73 Å². The van der Waals surface area contributed by atoms with Gasteiger partial charge >= 0.3 is 12.1 Å². The molecule has 2 rings (SSSR count). The van der Waals surface area contributed by atoms with Crippen LogP contribution in [0.2, 0.25) is 0 Å². The highest BCUT2D eigenvalue weighted by Crippen LogP contribution is 2.31. The molecule has 0 saturated carbocycles. The Morgan fingerprint density at radius 2 is 1.95 bits per heavy atom. The summed E-state index contributed by atoms with van der Waals surface area (Å²) in [5.41, 5.74) is 4.23. The van der Waals surface area contributed by atoms with Crippen molar-refractivity contribution < 1.29 is 22.7 Å². The highest BCUT2D eigenvalue weighted by molar-refractivity contribution is 5.88. The van der Waals surface area contributed by atoms with Gasteiger partial charge in [-0.15, -0.1) is 0 Å². The van der Waals surface area contributed by atoms with Gasteiger partial charge < -0.3 is 10.5 Å². The maximum Gasteiger partial charge on any atom is 0.416 e. The van der Waals surface area contributed by atoms with Gasteiger partial charge in [0.25, 0.3) is 0 Å². The van der Waals surface area contributed by atoms with Crippen LogP contribution in [0, 0.1) is 0 Å². The normalized spacial score (nSPS) is 11.2. The number of ether oxygens (including phenoxy) is 1. The molecule has 0 aliphatic rings. The molecule has 5 nitrogen and oxygen atoms in total. The number of esters is 1. The number of nitrogens with two attached hydrogens (primary N) is 1. The first kappa shape index (κ1) is 13.8. The summed E-state index contributed by atoms with van der Waals surface area (Å²) in [6, 6.07) is 3.97. The van der Waals surface area contributed by atoms with Crippen LogP contribution < -0.4 is 10.5 Å². The molecule has 0 saturated heterocycles. The maximum absolute atomic E-state index is 12.5. The van der Waals surface area contributed by atoms with Crippen LogP contribution in [0.4, 0.5) is 19.0 Å². The summed E-state index contributed by atoms with van der Waals surface area (Å²) in [4.78, 5) is 18.9. The number of hydrogen-bond donors (Lipinski definition) is 1. The van der Waals surface area contributed by atoms with Crippen molar-refractivity contribution in [1.82, 2.24) is 9.97 Å². The van der Waals surface area contributed by atoms with Crippen molar-refractivity contribution in [1.29, 1.82) is 0 Å². The number of nitrogen functional groups attached to an aromatic ring is 1. The first-order chi connectivity index (χ1) is 9.36. The van der Waals surface area contributed by atoms with Gasteiger partial charge in [0.1, 0.15) is 11.6 Å². The molecule has 2 N–H and O–H groups in total. The lowest BCUT2D eigenvalue weighted by atomic mass is 10.2. The zero-order chi connectivity index (χ0) is 14.8. The van der Waals surface area contributed by atoms with Crippen LogP contribution in [0.5, 0.6) is 5.75 Å². The van der Waals surface area contributed by atoms with E-state index in [4.69, 9.17) is 10.5 Å². The number of hydrogen-bond acceptors (Lipinski definition) is 5. The van der Waals surface area contributed by atoms with Crippen LogP contribution in [-0.4, -0.2) is 15.9 Å². The topological polar surface area (TPSA) is 78.1 Å². The van der Waals surface area contributed by atoms with Crippen LogP contribution in [-0.2, 0) is 6.18 Å². The smallest absolute Gasteiger partial charge is 0.416 e. The lowest BCUT2D eigenvalue weighted by molar-refractivity contribution is -0.137. The summed E-state index contributed by atoms with van der Waals surface area (Å²) in [7, 11) is 0. The molecule has 0 bridgehead atoms. The Balaban J connectivity index is 2.18. The molecule has 0 fully saturated rings. The molecule has 0 unspecified atom stereocenters. The van der Waals surface area contributed by atoms with E-state index in [0.29, 0.717) is 0 Å². The molecule has 0 radical (unpaired) electrons. The van der Waals surface area contributed by atoms with E-state index in [2.05, 4.69) is 9.97 Å². The van der Waals surface area contributed by atoms with Crippen molar-refractivity contribution >= 4 is 11.8 Å². The van der Waals surface area contributed by atoms with Gasteiger partial charge in [-0.25, -0.2) is 14.8 Å². The number of benzene rings is 1. The minimum atomic E-state index is -4.51. The Morgan fingerprint density at radius 3 is 2.55 bits per heavy atom. The van der Waals surface area contributed by atoms with E-state index in [1.807, 2.05) is 0 Å². The molecule has 0 aliphatic carbocycles. The Kier molecular flexibility index (Phi) is 3.55. The molecule has 1 aromatic heterocycles. The Hall–Kier alpha value is -2.64. The summed E-state index contributed by atoms with van der Waals surface area (Å²) in [5, 5.41) is 0. The number of anilines is 1. The van der Waals surface area contributed by atoms with Gasteiger partial charge in [-0.1, -0.05) is 6.07 Å². The van der Waals surface area contributed by atoms with Crippen molar-refractivity contribution in [2.45, 2.75) is 6.18 Å². The minimum Gasteiger partial charge on any atom is -0.422 e. The number of carbonyl (C=O) groups excluding carboxylic acids is 1. The standard InChI is InChI=1S/C12H8F3N3O2/c13-12(14,15)7-2-1-3-8(4-7)20-11(19)9-5-18-10(16)6-17-9/h1-6H,(H2,16,18). The second-order valence-corrected chi connectivity index (χ2v) is 3.74. The van der Waals surface area contributed by atoms with Gasteiger partial charge in [-0.05, 0) is 18.2 Å². The Bertz CT molecular complexity index is 627. The van der Waals surface area contributed by atoms with Crippen molar-refractivity contribution in [3.8, 4) is 5.75 Å². The van der Waals surface area contributed by atoms with E-state index >= 15 is 0 Å². The summed E-state index contributed by atoms with van der Waals surface area (Å²) < 4.78 is 42.3. The fourth-order valence-corrected chi connectivity index (χ4v) is 1.34. The third-order valence-electron chi connectivity index (χ3n) is 2.25. The second kappa shape index (κ2) is 5.16. The van der Waals surface area contributed by atoms with E-state index < -0.39 is 17.7 Å². The van der Waals surface area contributed by atoms with Gasteiger partial charge in [0.2, 0.25) is 0 Å². The van der Waals surface area contributed by atoms with Gasteiger partial charge in [-0.3, -0.25) is 0 Å². The average molecular weight is 283 g/mol. The summed E-state index contributed by atoms with van der Waals surface area (Å²) in [6.07, 6.45) is -2.29. The molecule has 1 aromatic carbocycles. The van der Waals surface area contributed by atoms with Crippen LogP contribution in [0.3, 0.4) is 0 Å². The van der Waals surface area contributed by atoms with Crippen LogP contribution in [0.15, 0.2) is 36.7 Å². The van der Waals surface area contributed by atoms with E-state index in [9.17, 15) is 18.0 Å². The third kappa shape index (κ3) is 3.22. The highest BCUT2D eigenvalue weighted by Gasteiger charge is 2.30. The van der Waals surface area contributed by atoms with Crippen molar-refractivity contribution in [3.63, 3.8) is 0 Å². The SMILES string of the molecule is Nc1cnc(C(=O)Oc2cccc(C(F)(F)F)c2)cn1. The zero-order valence-corrected chi connectivity index (χ0v) is 9.89. The first-order valence-corrected chi connectivity index (χ1v) is 5.33. The Morgan fingerprint density at radius 1 is 1.20 bits per heavy atom.